The summed E-state index contributed by atoms with van der Waals surface area (Å²) < 4.78 is 85.0. The number of fused-ring (bicyclic) bond motifs is 7. The van der Waals surface area contributed by atoms with Crippen molar-refractivity contribution in [3.63, 3.8) is 0 Å². The summed E-state index contributed by atoms with van der Waals surface area (Å²) in [6.45, 7) is 11.0. The van der Waals surface area contributed by atoms with E-state index in [0.717, 1.165) is 12.5 Å². The van der Waals surface area contributed by atoms with E-state index >= 15 is 0 Å². The third-order valence-corrected chi connectivity index (χ3v) is 21.3. The van der Waals surface area contributed by atoms with Crippen LogP contribution >= 0.6 is 0 Å². The van der Waals surface area contributed by atoms with E-state index < -0.39 is 220 Å². The van der Waals surface area contributed by atoms with Gasteiger partial charge in [0.2, 0.25) is 5.79 Å². The van der Waals surface area contributed by atoms with Crippen LogP contribution in [0.2, 0.25) is 0 Å². The molecule has 0 bridgehead atoms. The highest BCUT2D eigenvalue weighted by atomic mass is 16.8. The van der Waals surface area contributed by atoms with Gasteiger partial charge >= 0.3 is 11.9 Å². The molecule has 0 radical (unpaired) electrons. The summed E-state index contributed by atoms with van der Waals surface area (Å²) in [6.07, 6.45) is -31.4. The first kappa shape index (κ1) is 65.9. The summed E-state index contributed by atoms with van der Waals surface area (Å²) in [6, 6.07) is 0. The van der Waals surface area contributed by atoms with E-state index in [1.165, 1.54) is 20.8 Å². The monoisotopic (exact) mass is 1250 g/mol. The lowest BCUT2D eigenvalue weighted by Gasteiger charge is -2.60. The fraction of sp³-hybridized carbons (Fsp3) is 0.897. The van der Waals surface area contributed by atoms with Gasteiger partial charge in [0.25, 0.3) is 0 Å². The number of esters is 2. The number of hydrogen-bond donors (Lipinski definition) is 13. The quantitative estimate of drug-likeness (QED) is 0.0579. The predicted octanol–water partition coefficient (Wildman–Crippen LogP) is -4.24. The van der Waals surface area contributed by atoms with E-state index in [4.69, 9.17) is 66.3 Å². The Labute approximate surface area is 501 Å². The second-order valence-electron chi connectivity index (χ2n) is 26.5. The molecule has 29 nitrogen and oxygen atoms in total. The SMILES string of the molecule is C=C1COC2(OC3CC4C5CC=C6CC(O)CC(OC7OCC(O)C(OC8OCC(O)C(O)C8OC8OC(C)C(OC(C)=O)C(OC9OCC(O)(CO)C9O)C8O)C7O)C6(C)C5CCC4(C)C3C2COC(C)=O)C(O)C1OC1OC(C)C(O)C(O)C1O. The normalized spacial score (nSPS) is 54.1. The largest absolute Gasteiger partial charge is 0.465 e. The maximum Gasteiger partial charge on any atom is 0.303 e. The Morgan fingerprint density at radius 2 is 1.36 bits per heavy atom. The predicted molar refractivity (Wildman–Crippen MR) is 285 cm³/mol. The van der Waals surface area contributed by atoms with Gasteiger partial charge in [-0.15, -0.1) is 0 Å². The molecule has 13 N–H and O–H groups in total. The molecule has 0 amide bonds. The van der Waals surface area contributed by atoms with Gasteiger partial charge in [-0.2, -0.15) is 0 Å². The molecule has 1 spiro atoms. The number of allylic oxidation sites excluding steroid dienone is 1. The fourth-order valence-corrected chi connectivity index (χ4v) is 16.7. The molecule has 34 atom stereocenters. The molecule has 0 aromatic carbocycles. The van der Waals surface area contributed by atoms with Gasteiger partial charge < -0.3 is 133 Å². The van der Waals surface area contributed by atoms with Crippen molar-refractivity contribution in [3.8, 4) is 0 Å². The Bertz CT molecular complexity index is 2510. The van der Waals surface area contributed by atoms with E-state index in [2.05, 4.69) is 26.5 Å². The number of rotatable bonds is 14. The first-order chi connectivity index (χ1) is 41.1. The molecule has 3 saturated carbocycles. The third kappa shape index (κ3) is 11.5. The Balaban J connectivity index is 0.796. The van der Waals surface area contributed by atoms with Crippen LogP contribution in [-0.2, 0) is 75.9 Å². The molecule has 10 fully saturated rings. The van der Waals surface area contributed by atoms with Crippen molar-refractivity contribution in [2.45, 2.75) is 245 Å². The molecular formula is C58H88O29. The maximum atomic E-state index is 12.6. The molecule has 7 saturated heterocycles. The zero-order valence-electron chi connectivity index (χ0n) is 49.4. The zero-order valence-corrected chi connectivity index (χ0v) is 49.4. The standard InChI is InChI=1S/C58H88O29/c1-21-15-78-58(48(71)43(21)83-51-40(68)39(67)37(65)22(2)79-51)31(16-74-24(4)60)36-34(87-58)14-30-28-9-8-26-12-27(62)13-35(56(26,7)29(28)10-11-55(30,36)6)82-50-41(69)45(33(64)18-75-50)84-53-47(38(66)32(63)17-76-53)86-52-42(70)46(44(23(3)80-52)81-25(5)61)85-54-49(72)57(73,19-59)20-77-54/h8,22-23,27-54,59,62-73H,1,9-20H2,2-7H3. The van der Waals surface area contributed by atoms with Crippen LogP contribution in [0.5, 0.6) is 0 Å². The summed E-state index contributed by atoms with van der Waals surface area (Å²) in [7, 11) is 0. The first-order valence-corrected chi connectivity index (χ1v) is 30.3. The second-order valence-corrected chi connectivity index (χ2v) is 26.5. The summed E-state index contributed by atoms with van der Waals surface area (Å²) in [5.74, 6) is -4.25. The molecule has 29 heteroatoms. The lowest BCUT2D eigenvalue weighted by Crippen LogP contribution is -2.65. The van der Waals surface area contributed by atoms with E-state index in [1.54, 1.807) is 0 Å². The van der Waals surface area contributed by atoms with Crippen LogP contribution in [-0.4, -0.2) is 283 Å². The van der Waals surface area contributed by atoms with Gasteiger partial charge in [-0.05, 0) is 74.7 Å². The van der Waals surface area contributed by atoms with E-state index in [1.807, 2.05) is 0 Å². The van der Waals surface area contributed by atoms with Crippen molar-refractivity contribution in [1.82, 2.24) is 0 Å². The van der Waals surface area contributed by atoms with Gasteiger partial charge in [0, 0.05) is 31.6 Å². The van der Waals surface area contributed by atoms with Crippen LogP contribution in [0, 0.1) is 40.4 Å². The summed E-state index contributed by atoms with van der Waals surface area (Å²) in [5, 5.41) is 145. The van der Waals surface area contributed by atoms with E-state index in [9.17, 15) is 76.0 Å². The molecule has 0 aromatic rings. The number of carbonyl (C=O) groups excluding carboxylic acids is 2. The molecule has 494 valence electrons. The van der Waals surface area contributed by atoms with E-state index in [-0.39, 0.29) is 43.3 Å². The first-order valence-electron chi connectivity index (χ1n) is 30.3. The van der Waals surface area contributed by atoms with Crippen LogP contribution < -0.4 is 0 Å². The number of aliphatic hydroxyl groups is 13. The van der Waals surface area contributed by atoms with Crippen LogP contribution in [0.25, 0.3) is 0 Å². The minimum absolute atomic E-state index is 0.00264. The van der Waals surface area contributed by atoms with Crippen LogP contribution in [0.1, 0.15) is 80.1 Å². The molecule has 7 aliphatic heterocycles. The minimum atomic E-state index is -2.13. The van der Waals surface area contributed by atoms with Crippen LogP contribution in [0.3, 0.4) is 0 Å². The smallest absolute Gasteiger partial charge is 0.303 e. The van der Waals surface area contributed by atoms with Crippen LogP contribution in [0.4, 0.5) is 0 Å². The van der Waals surface area contributed by atoms with Gasteiger partial charge in [0.1, 0.15) is 91.1 Å². The highest BCUT2D eigenvalue weighted by Crippen LogP contribution is 2.71. The molecular weight excluding hydrogens is 1160 g/mol. The molecule has 11 rings (SSSR count). The Morgan fingerprint density at radius 3 is 2.06 bits per heavy atom. The van der Waals surface area contributed by atoms with Crippen molar-refractivity contribution < 1.29 is 142 Å². The van der Waals surface area contributed by atoms with Gasteiger partial charge in [-0.1, -0.05) is 32.1 Å². The molecule has 34 unspecified atom stereocenters. The summed E-state index contributed by atoms with van der Waals surface area (Å²) in [4.78, 5) is 24.8. The lowest BCUT2D eigenvalue weighted by molar-refractivity contribution is -0.380. The van der Waals surface area contributed by atoms with Gasteiger partial charge in [0.15, 0.2) is 37.6 Å². The van der Waals surface area contributed by atoms with Crippen molar-refractivity contribution in [3.05, 3.63) is 23.8 Å². The number of ether oxygens (including phenoxy) is 14. The highest BCUT2D eigenvalue weighted by molar-refractivity contribution is 5.66. The topological polar surface area (TPSA) is 426 Å². The zero-order chi connectivity index (χ0) is 62.7. The van der Waals surface area contributed by atoms with Crippen LogP contribution in [0.15, 0.2) is 23.8 Å². The van der Waals surface area contributed by atoms with Crippen molar-refractivity contribution >= 4 is 11.9 Å². The molecule has 87 heavy (non-hydrogen) atoms. The van der Waals surface area contributed by atoms with Crippen molar-refractivity contribution in [2.75, 3.05) is 39.6 Å². The Kier molecular flexibility index (Phi) is 19.0. The van der Waals surface area contributed by atoms with Gasteiger partial charge in [0.05, 0.1) is 76.1 Å². The average Bonchev–Trinajstić information content (AvgIpc) is 1.58. The third-order valence-electron chi connectivity index (χ3n) is 21.3. The molecule has 4 aliphatic carbocycles. The second kappa shape index (κ2) is 25.0. The maximum absolute atomic E-state index is 12.6. The van der Waals surface area contributed by atoms with Gasteiger partial charge in [-0.25, -0.2) is 0 Å². The molecule has 0 aromatic heterocycles. The Hall–Kier alpha value is -2.58. The Morgan fingerprint density at radius 1 is 0.690 bits per heavy atom. The molecule has 7 heterocycles. The fourth-order valence-electron chi connectivity index (χ4n) is 16.7. The number of carbonyl (C=O) groups is 2. The number of aliphatic hydroxyl groups excluding tert-OH is 12. The summed E-state index contributed by atoms with van der Waals surface area (Å²) >= 11 is 0. The number of hydrogen-bond acceptors (Lipinski definition) is 29. The highest BCUT2D eigenvalue weighted by Gasteiger charge is 2.74. The minimum Gasteiger partial charge on any atom is -0.465 e. The van der Waals surface area contributed by atoms with Gasteiger partial charge in [-0.3, -0.25) is 9.59 Å². The summed E-state index contributed by atoms with van der Waals surface area (Å²) in [5.41, 5.74) is -2.10. The van der Waals surface area contributed by atoms with E-state index in [0.29, 0.717) is 37.7 Å². The molecule has 11 aliphatic rings. The average molecular weight is 1250 g/mol. The lowest BCUT2D eigenvalue weighted by atomic mass is 9.46. The van der Waals surface area contributed by atoms with Crippen molar-refractivity contribution in [1.29, 1.82) is 0 Å². The van der Waals surface area contributed by atoms with Crippen molar-refractivity contribution in [2.24, 2.45) is 40.4 Å².